The molecule has 1 aliphatic carbocycles. The average Bonchev–Trinajstić information content (AvgIpc) is 2.09. The molecule has 0 saturated heterocycles. The highest BCUT2D eigenvalue weighted by atomic mass is 15.1. The molecule has 1 aliphatic rings. The SMILES string of the molecule is Cc1cnc(C)c(NC2CC(N)C2)n1. The summed E-state index contributed by atoms with van der Waals surface area (Å²) in [6.45, 7) is 3.91. The standard InChI is InChI=1S/C10H16N4/c1-6-5-12-7(2)10(13-6)14-9-3-8(11)4-9/h5,8-9H,3-4,11H2,1-2H3,(H,13,14). The van der Waals surface area contributed by atoms with Gasteiger partial charge in [-0.15, -0.1) is 0 Å². The van der Waals surface area contributed by atoms with Gasteiger partial charge in [-0.3, -0.25) is 4.98 Å². The van der Waals surface area contributed by atoms with Gasteiger partial charge in [-0.1, -0.05) is 0 Å². The lowest BCUT2D eigenvalue weighted by Gasteiger charge is -2.33. The number of aromatic nitrogens is 2. The number of rotatable bonds is 2. The molecule has 0 radical (unpaired) electrons. The minimum absolute atomic E-state index is 0.366. The van der Waals surface area contributed by atoms with Crippen molar-refractivity contribution in [1.82, 2.24) is 9.97 Å². The van der Waals surface area contributed by atoms with Crippen molar-refractivity contribution in [2.24, 2.45) is 5.73 Å². The molecule has 0 atom stereocenters. The van der Waals surface area contributed by atoms with Crippen molar-refractivity contribution in [2.75, 3.05) is 5.32 Å². The number of nitrogens with zero attached hydrogens (tertiary/aromatic N) is 2. The number of nitrogens with two attached hydrogens (primary N) is 1. The third-order valence-electron chi connectivity index (χ3n) is 2.59. The molecule has 4 heteroatoms. The molecular formula is C10H16N4. The van der Waals surface area contributed by atoms with Crippen LogP contribution in [-0.4, -0.2) is 22.1 Å². The Bertz CT molecular complexity index is 331. The first-order chi connectivity index (χ1) is 6.65. The summed E-state index contributed by atoms with van der Waals surface area (Å²) in [7, 11) is 0. The minimum atomic E-state index is 0.366. The Kier molecular flexibility index (Phi) is 2.37. The van der Waals surface area contributed by atoms with Gasteiger partial charge in [0.25, 0.3) is 0 Å². The van der Waals surface area contributed by atoms with Crippen LogP contribution in [0.1, 0.15) is 24.2 Å². The fourth-order valence-electron chi connectivity index (χ4n) is 1.65. The van der Waals surface area contributed by atoms with Crippen LogP contribution in [-0.2, 0) is 0 Å². The van der Waals surface area contributed by atoms with Gasteiger partial charge in [-0.2, -0.15) is 0 Å². The number of aryl methyl sites for hydroxylation is 2. The van der Waals surface area contributed by atoms with Gasteiger partial charge in [-0.25, -0.2) is 4.98 Å². The maximum absolute atomic E-state index is 5.71. The van der Waals surface area contributed by atoms with E-state index in [-0.39, 0.29) is 0 Å². The van der Waals surface area contributed by atoms with Gasteiger partial charge in [0.1, 0.15) is 5.82 Å². The maximum Gasteiger partial charge on any atom is 0.147 e. The molecule has 1 heterocycles. The van der Waals surface area contributed by atoms with Gasteiger partial charge in [0.15, 0.2) is 0 Å². The average molecular weight is 192 g/mol. The lowest BCUT2D eigenvalue weighted by Crippen LogP contribution is -2.44. The van der Waals surface area contributed by atoms with Crippen molar-refractivity contribution >= 4 is 5.82 Å². The Labute approximate surface area is 83.9 Å². The number of hydrogen-bond acceptors (Lipinski definition) is 4. The summed E-state index contributed by atoms with van der Waals surface area (Å²) in [5, 5.41) is 3.36. The molecule has 1 saturated carbocycles. The molecule has 0 unspecified atom stereocenters. The Hall–Kier alpha value is -1.16. The van der Waals surface area contributed by atoms with Crippen LogP contribution < -0.4 is 11.1 Å². The highest BCUT2D eigenvalue weighted by Gasteiger charge is 2.26. The van der Waals surface area contributed by atoms with E-state index in [9.17, 15) is 0 Å². The van der Waals surface area contributed by atoms with Crippen molar-refractivity contribution in [3.05, 3.63) is 17.6 Å². The molecule has 0 aromatic carbocycles. The number of anilines is 1. The fourth-order valence-corrected chi connectivity index (χ4v) is 1.65. The summed E-state index contributed by atoms with van der Waals surface area (Å²) < 4.78 is 0. The quantitative estimate of drug-likeness (QED) is 0.733. The Balaban J connectivity index is 2.05. The van der Waals surface area contributed by atoms with E-state index in [1.165, 1.54) is 0 Å². The minimum Gasteiger partial charge on any atom is -0.366 e. The summed E-state index contributed by atoms with van der Waals surface area (Å²) in [5.74, 6) is 0.905. The highest BCUT2D eigenvalue weighted by molar-refractivity contribution is 5.41. The molecule has 0 spiro atoms. The lowest BCUT2D eigenvalue weighted by atomic mass is 9.88. The third-order valence-corrected chi connectivity index (χ3v) is 2.59. The molecule has 1 aromatic rings. The summed E-state index contributed by atoms with van der Waals surface area (Å²) in [5.41, 5.74) is 7.62. The van der Waals surface area contributed by atoms with Gasteiger partial charge in [0.2, 0.25) is 0 Å². The van der Waals surface area contributed by atoms with Crippen LogP contribution in [0.15, 0.2) is 6.20 Å². The van der Waals surface area contributed by atoms with E-state index in [1.807, 2.05) is 13.8 Å². The summed E-state index contributed by atoms with van der Waals surface area (Å²) in [4.78, 5) is 8.66. The monoisotopic (exact) mass is 192 g/mol. The number of nitrogens with one attached hydrogen (secondary N) is 1. The van der Waals surface area contributed by atoms with Gasteiger partial charge in [0.05, 0.1) is 11.4 Å². The maximum atomic E-state index is 5.71. The van der Waals surface area contributed by atoms with Crippen molar-refractivity contribution in [1.29, 1.82) is 0 Å². The van der Waals surface area contributed by atoms with Crippen LogP contribution in [0.2, 0.25) is 0 Å². The Morgan fingerprint density at radius 3 is 2.79 bits per heavy atom. The Morgan fingerprint density at radius 2 is 2.14 bits per heavy atom. The third kappa shape index (κ3) is 1.85. The van der Waals surface area contributed by atoms with E-state index in [4.69, 9.17) is 5.73 Å². The summed E-state index contributed by atoms with van der Waals surface area (Å²) in [6, 6.07) is 0.852. The van der Waals surface area contributed by atoms with Gasteiger partial charge >= 0.3 is 0 Å². The first-order valence-corrected chi connectivity index (χ1v) is 4.97. The normalized spacial score (nSPS) is 25.6. The molecule has 2 rings (SSSR count). The first kappa shape index (κ1) is 9.40. The first-order valence-electron chi connectivity index (χ1n) is 4.97. The van der Waals surface area contributed by atoms with Crippen molar-refractivity contribution < 1.29 is 0 Å². The molecule has 1 aromatic heterocycles. The fraction of sp³-hybridized carbons (Fsp3) is 0.600. The van der Waals surface area contributed by atoms with Crippen molar-refractivity contribution in [3.63, 3.8) is 0 Å². The molecule has 14 heavy (non-hydrogen) atoms. The molecule has 3 N–H and O–H groups in total. The second-order valence-corrected chi connectivity index (χ2v) is 4.02. The van der Waals surface area contributed by atoms with E-state index in [2.05, 4.69) is 15.3 Å². The van der Waals surface area contributed by atoms with Crippen molar-refractivity contribution in [2.45, 2.75) is 38.8 Å². The number of hydrogen-bond donors (Lipinski definition) is 2. The van der Waals surface area contributed by atoms with Crippen molar-refractivity contribution in [3.8, 4) is 0 Å². The van der Waals surface area contributed by atoms with E-state index < -0.39 is 0 Å². The summed E-state index contributed by atoms with van der Waals surface area (Å²) in [6.07, 6.45) is 3.86. The zero-order chi connectivity index (χ0) is 10.1. The zero-order valence-electron chi connectivity index (χ0n) is 8.62. The lowest BCUT2D eigenvalue weighted by molar-refractivity contribution is 0.372. The van der Waals surface area contributed by atoms with Crippen LogP contribution in [0.5, 0.6) is 0 Å². The molecule has 0 amide bonds. The largest absolute Gasteiger partial charge is 0.366 e. The summed E-state index contributed by atoms with van der Waals surface area (Å²) >= 11 is 0. The second-order valence-electron chi connectivity index (χ2n) is 4.02. The van der Waals surface area contributed by atoms with E-state index in [0.29, 0.717) is 12.1 Å². The van der Waals surface area contributed by atoms with Crippen LogP contribution in [0, 0.1) is 13.8 Å². The highest BCUT2D eigenvalue weighted by Crippen LogP contribution is 2.22. The molecule has 0 bridgehead atoms. The van der Waals surface area contributed by atoms with Crippen LogP contribution >= 0.6 is 0 Å². The molecule has 4 nitrogen and oxygen atoms in total. The molecule has 0 aliphatic heterocycles. The predicted octanol–water partition coefficient (Wildman–Crippen LogP) is 0.995. The van der Waals surface area contributed by atoms with Gasteiger partial charge < -0.3 is 11.1 Å². The second kappa shape index (κ2) is 3.53. The van der Waals surface area contributed by atoms with Gasteiger partial charge in [-0.05, 0) is 26.7 Å². The zero-order valence-corrected chi connectivity index (χ0v) is 8.62. The molecular weight excluding hydrogens is 176 g/mol. The predicted molar refractivity (Wildman–Crippen MR) is 56.1 cm³/mol. The van der Waals surface area contributed by atoms with Gasteiger partial charge in [0, 0.05) is 18.3 Å². The van der Waals surface area contributed by atoms with E-state index >= 15 is 0 Å². The molecule has 76 valence electrons. The van der Waals surface area contributed by atoms with E-state index in [0.717, 1.165) is 30.0 Å². The Morgan fingerprint density at radius 1 is 1.43 bits per heavy atom. The smallest absolute Gasteiger partial charge is 0.147 e. The molecule has 1 fully saturated rings. The topological polar surface area (TPSA) is 63.8 Å². The van der Waals surface area contributed by atoms with Crippen LogP contribution in [0.3, 0.4) is 0 Å². The van der Waals surface area contributed by atoms with E-state index in [1.54, 1.807) is 6.20 Å². The van der Waals surface area contributed by atoms with Crippen LogP contribution in [0.4, 0.5) is 5.82 Å². The van der Waals surface area contributed by atoms with Crippen LogP contribution in [0.25, 0.3) is 0 Å².